The van der Waals surface area contributed by atoms with Gasteiger partial charge in [0.2, 0.25) is 0 Å². The van der Waals surface area contributed by atoms with Crippen molar-refractivity contribution in [3.63, 3.8) is 0 Å². The van der Waals surface area contributed by atoms with Gasteiger partial charge in [0.15, 0.2) is 5.84 Å². The molecule has 92 valence electrons. The number of rotatable bonds is 5. The van der Waals surface area contributed by atoms with E-state index in [1.54, 1.807) is 6.07 Å². The predicted molar refractivity (Wildman–Crippen MR) is 64.8 cm³/mol. The molecule has 1 saturated carbocycles. The summed E-state index contributed by atoms with van der Waals surface area (Å²) in [6.07, 6.45) is 2.03. The number of aliphatic hydroxyl groups excluding tert-OH is 1. The lowest BCUT2D eigenvalue weighted by Crippen LogP contribution is -2.34. The zero-order valence-electron chi connectivity index (χ0n) is 9.56. The molecule has 5 nitrogen and oxygen atoms in total. The van der Waals surface area contributed by atoms with Gasteiger partial charge in [0.1, 0.15) is 0 Å². The predicted octanol–water partition coefficient (Wildman–Crippen LogP) is 0.396. The Balaban J connectivity index is 2.01. The Morgan fingerprint density at radius 1 is 1.47 bits per heavy atom. The molecule has 17 heavy (non-hydrogen) atoms. The maximum absolute atomic E-state index is 9.18. The Kier molecular flexibility index (Phi) is 3.31. The first-order chi connectivity index (χ1) is 8.19. The molecule has 0 aliphatic heterocycles. The second-order valence-electron chi connectivity index (χ2n) is 4.48. The molecule has 0 aromatic heterocycles. The van der Waals surface area contributed by atoms with Gasteiger partial charge in [0.05, 0.1) is 6.61 Å². The highest BCUT2D eigenvalue weighted by atomic mass is 16.4. The van der Waals surface area contributed by atoms with Crippen molar-refractivity contribution in [1.29, 1.82) is 0 Å². The molecule has 0 heterocycles. The van der Waals surface area contributed by atoms with Crippen molar-refractivity contribution >= 4 is 5.84 Å². The quantitative estimate of drug-likeness (QED) is 0.257. The number of aliphatic hydroxyl groups is 1. The van der Waals surface area contributed by atoms with Gasteiger partial charge in [-0.1, -0.05) is 23.4 Å². The van der Waals surface area contributed by atoms with Crippen LogP contribution in [-0.2, 0) is 6.54 Å². The largest absolute Gasteiger partial charge is 0.409 e. The third kappa shape index (κ3) is 2.75. The lowest BCUT2D eigenvalue weighted by Gasteiger charge is -2.14. The highest BCUT2D eigenvalue weighted by Gasteiger charge is 2.41. The van der Waals surface area contributed by atoms with Crippen molar-refractivity contribution in [2.75, 3.05) is 6.61 Å². The minimum absolute atomic E-state index is 0.0768. The monoisotopic (exact) mass is 235 g/mol. The number of nitrogens with one attached hydrogen (secondary N) is 1. The smallest absolute Gasteiger partial charge is 0.170 e. The molecule has 0 amide bonds. The molecule has 1 aliphatic rings. The van der Waals surface area contributed by atoms with E-state index in [1.807, 2.05) is 18.2 Å². The van der Waals surface area contributed by atoms with E-state index < -0.39 is 0 Å². The Bertz CT molecular complexity index is 428. The van der Waals surface area contributed by atoms with Crippen LogP contribution in [0, 0.1) is 0 Å². The highest BCUT2D eigenvalue weighted by Crippen LogP contribution is 2.34. The number of oxime groups is 1. The summed E-state index contributed by atoms with van der Waals surface area (Å²) < 4.78 is 0. The van der Waals surface area contributed by atoms with E-state index in [4.69, 9.17) is 10.9 Å². The number of nitrogens with zero attached hydrogens (tertiary/aromatic N) is 1. The maximum atomic E-state index is 9.18. The molecule has 1 aromatic rings. The first-order valence-electron chi connectivity index (χ1n) is 5.62. The summed E-state index contributed by atoms with van der Waals surface area (Å²) in [5.41, 5.74) is 7.19. The van der Waals surface area contributed by atoms with E-state index >= 15 is 0 Å². The van der Waals surface area contributed by atoms with Gasteiger partial charge in [-0.05, 0) is 24.5 Å². The summed E-state index contributed by atoms with van der Waals surface area (Å²) in [6.45, 7) is 0.847. The first kappa shape index (κ1) is 11.9. The highest BCUT2D eigenvalue weighted by molar-refractivity contribution is 5.97. The molecule has 1 aromatic carbocycles. The van der Waals surface area contributed by atoms with Gasteiger partial charge in [-0.2, -0.15) is 0 Å². The SMILES string of the molecule is N/C(=N/O)c1cccc(CNC2(CO)CC2)c1. The minimum Gasteiger partial charge on any atom is -0.409 e. The average Bonchev–Trinajstić information content (AvgIpc) is 3.16. The van der Waals surface area contributed by atoms with Crippen molar-refractivity contribution in [2.45, 2.75) is 24.9 Å². The Hall–Kier alpha value is -1.59. The van der Waals surface area contributed by atoms with Crippen LogP contribution in [-0.4, -0.2) is 28.3 Å². The summed E-state index contributed by atoms with van der Waals surface area (Å²) in [7, 11) is 0. The molecule has 2 rings (SSSR count). The van der Waals surface area contributed by atoms with Crippen LogP contribution in [0.5, 0.6) is 0 Å². The van der Waals surface area contributed by atoms with Crippen LogP contribution >= 0.6 is 0 Å². The van der Waals surface area contributed by atoms with Gasteiger partial charge in [-0.15, -0.1) is 0 Å². The molecule has 1 fully saturated rings. The number of amidine groups is 1. The van der Waals surface area contributed by atoms with Crippen molar-refractivity contribution in [1.82, 2.24) is 5.32 Å². The van der Waals surface area contributed by atoms with Crippen LogP contribution in [0.25, 0.3) is 0 Å². The van der Waals surface area contributed by atoms with E-state index in [9.17, 15) is 5.11 Å². The van der Waals surface area contributed by atoms with Crippen molar-refractivity contribution in [3.8, 4) is 0 Å². The summed E-state index contributed by atoms with van der Waals surface area (Å²) in [5, 5.41) is 24.1. The maximum Gasteiger partial charge on any atom is 0.170 e. The summed E-state index contributed by atoms with van der Waals surface area (Å²) in [4.78, 5) is 0. The average molecular weight is 235 g/mol. The van der Waals surface area contributed by atoms with Crippen LogP contribution in [0.15, 0.2) is 29.4 Å². The number of hydrogen-bond acceptors (Lipinski definition) is 4. The topological polar surface area (TPSA) is 90.9 Å². The fourth-order valence-corrected chi connectivity index (χ4v) is 1.73. The fraction of sp³-hybridized carbons (Fsp3) is 0.417. The van der Waals surface area contributed by atoms with Crippen LogP contribution < -0.4 is 11.1 Å². The van der Waals surface area contributed by atoms with Gasteiger partial charge in [0, 0.05) is 17.6 Å². The molecule has 0 unspecified atom stereocenters. The Morgan fingerprint density at radius 2 is 2.24 bits per heavy atom. The van der Waals surface area contributed by atoms with Crippen LogP contribution in [0.4, 0.5) is 0 Å². The second-order valence-corrected chi connectivity index (χ2v) is 4.48. The molecule has 5 N–H and O–H groups in total. The van der Waals surface area contributed by atoms with Crippen molar-refractivity contribution < 1.29 is 10.3 Å². The third-order valence-corrected chi connectivity index (χ3v) is 3.15. The first-order valence-corrected chi connectivity index (χ1v) is 5.62. The lowest BCUT2D eigenvalue weighted by atomic mass is 10.1. The van der Waals surface area contributed by atoms with Gasteiger partial charge < -0.3 is 21.4 Å². The number of hydrogen-bond donors (Lipinski definition) is 4. The third-order valence-electron chi connectivity index (χ3n) is 3.15. The van der Waals surface area contributed by atoms with Gasteiger partial charge >= 0.3 is 0 Å². The molecule has 0 saturated heterocycles. The van der Waals surface area contributed by atoms with Crippen molar-refractivity contribution in [3.05, 3.63) is 35.4 Å². The van der Waals surface area contributed by atoms with Gasteiger partial charge in [0.25, 0.3) is 0 Å². The van der Waals surface area contributed by atoms with E-state index in [2.05, 4.69) is 10.5 Å². The van der Waals surface area contributed by atoms with Gasteiger partial charge in [-0.3, -0.25) is 0 Å². The molecule has 5 heteroatoms. The van der Waals surface area contributed by atoms with Crippen LogP contribution in [0.2, 0.25) is 0 Å². The van der Waals surface area contributed by atoms with Crippen molar-refractivity contribution in [2.24, 2.45) is 10.9 Å². The van der Waals surface area contributed by atoms with E-state index in [1.165, 1.54) is 0 Å². The lowest BCUT2D eigenvalue weighted by molar-refractivity contribution is 0.229. The zero-order chi connectivity index (χ0) is 12.3. The van der Waals surface area contributed by atoms with E-state index in [-0.39, 0.29) is 18.0 Å². The Labute approximate surface area is 99.9 Å². The normalized spacial score (nSPS) is 18.1. The summed E-state index contributed by atoms with van der Waals surface area (Å²) >= 11 is 0. The molecule has 0 radical (unpaired) electrons. The standard InChI is InChI=1S/C12H17N3O2/c13-11(15-17)10-3-1-2-9(6-10)7-14-12(8-16)4-5-12/h1-3,6,14,16-17H,4-5,7-8H2,(H2,13,15). The molecule has 0 atom stereocenters. The summed E-state index contributed by atoms with van der Waals surface area (Å²) in [5.74, 6) is 0.107. The van der Waals surface area contributed by atoms with E-state index in [0.717, 1.165) is 18.4 Å². The molecule has 1 aliphatic carbocycles. The van der Waals surface area contributed by atoms with Crippen LogP contribution in [0.3, 0.4) is 0 Å². The fourth-order valence-electron chi connectivity index (χ4n) is 1.73. The molecular weight excluding hydrogens is 218 g/mol. The van der Waals surface area contributed by atoms with E-state index in [0.29, 0.717) is 12.1 Å². The number of benzene rings is 1. The van der Waals surface area contributed by atoms with Crippen LogP contribution in [0.1, 0.15) is 24.0 Å². The molecular formula is C12H17N3O2. The number of nitrogens with two attached hydrogens (primary N) is 1. The minimum atomic E-state index is -0.0768. The van der Waals surface area contributed by atoms with Gasteiger partial charge in [-0.25, -0.2) is 0 Å². The zero-order valence-corrected chi connectivity index (χ0v) is 9.56. The Morgan fingerprint density at radius 3 is 2.82 bits per heavy atom. The molecule has 0 spiro atoms. The second kappa shape index (κ2) is 4.73. The summed E-state index contributed by atoms with van der Waals surface area (Å²) in [6, 6.07) is 7.49. The molecule has 0 bridgehead atoms.